The fraction of sp³-hybridized carbons (Fsp3) is 0.550. The van der Waals surface area contributed by atoms with Crippen molar-refractivity contribution in [3.8, 4) is 5.75 Å². The molecular formula is C20H30N4O. The molecule has 5 nitrogen and oxygen atoms in total. The van der Waals surface area contributed by atoms with Crippen LogP contribution in [-0.2, 0) is 19.6 Å². The van der Waals surface area contributed by atoms with E-state index < -0.39 is 0 Å². The number of rotatable bonds is 7. The molecule has 1 saturated heterocycles. The van der Waals surface area contributed by atoms with E-state index in [2.05, 4.69) is 52.0 Å². The lowest BCUT2D eigenvalue weighted by molar-refractivity contribution is 0.182. The van der Waals surface area contributed by atoms with Gasteiger partial charge in [0.05, 0.1) is 13.3 Å². The van der Waals surface area contributed by atoms with Crippen molar-refractivity contribution in [2.24, 2.45) is 0 Å². The van der Waals surface area contributed by atoms with Crippen molar-refractivity contribution in [1.82, 2.24) is 20.0 Å². The minimum Gasteiger partial charge on any atom is -0.497 e. The van der Waals surface area contributed by atoms with Crippen LogP contribution >= 0.6 is 0 Å². The van der Waals surface area contributed by atoms with Gasteiger partial charge in [-0.05, 0) is 50.9 Å². The molecule has 2 heterocycles. The van der Waals surface area contributed by atoms with Crippen LogP contribution in [0.2, 0.25) is 0 Å². The second-order valence-corrected chi connectivity index (χ2v) is 6.88. The molecular weight excluding hydrogens is 312 g/mol. The number of benzene rings is 1. The summed E-state index contributed by atoms with van der Waals surface area (Å²) in [4.78, 5) is 2.54. The van der Waals surface area contributed by atoms with Crippen LogP contribution in [0.5, 0.6) is 5.75 Å². The third kappa shape index (κ3) is 4.61. The molecule has 0 spiro atoms. The smallest absolute Gasteiger partial charge is 0.119 e. The van der Waals surface area contributed by atoms with Crippen LogP contribution < -0.4 is 10.1 Å². The van der Waals surface area contributed by atoms with Gasteiger partial charge in [0, 0.05) is 43.5 Å². The van der Waals surface area contributed by atoms with Crippen molar-refractivity contribution in [3.05, 3.63) is 47.3 Å². The molecule has 5 heteroatoms. The van der Waals surface area contributed by atoms with Crippen molar-refractivity contribution < 1.29 is 4.74 Å². The average Bonchev–Trinajstić information content (AvgIpc) is 3.00. The highest BCUT2D eigenvalue weighted by atomic mass is 16.5. The second-order valence-electron chi connectivity index (χ2n) is 6.88. The van der Waals surface area contributed by atoms with Crippen molar-refractivity contribution in [2.75, 3.05) is 20.2 Å². The van der Waals surface area contributed by atoms with E-state index >= 15 is 0 Å². The highest BCUT2D eigenvalue weighted by Gasteiger charge is 2.20. The van der Waals surface area contributed by atoms with Crippen molar-refractivity contribution in [2.45, 2.75) is 52.4 Å². The minimum atomic E-state index is 0.545. The maximum Gasteiger partial charge on any atom is 0.119 e. The summed E-state index contributed by atoms with van der Waals surface area (Å²) in [6, 6.07) is 8.94. The fourth-order valence-corrected chi connectivity index (χ4v) is 3.63. The van der Waals surface area contributed by atoms with E-state index in [1.165, 1.54) is 36.2 Å². The Hall–Kier alpha value is -1.85. The predicted molar refractivity (Wildman–Crippen MR) is 101 cm³/mol. The first kappa shape index (κ1) is 18.0. The zero-order valence-corrected chi connectivity index (χ0v) is 15.7. The summed E-state index contributed by atoms with van der Waals surface area (Å²) >= 11 is 0. The lowest BCUT2D eigenvalue weighted by Crippen LogP contribution is -2.45. The first-order chi connectivity index (χ1) is 12.2. The zero-order valence-electron chi connectivity index (χ0n) is 15.7. The molecule has 1 atom stereocenters. The molecule has 1 aromatic heterocycles. The van der Waals surface area contributed by atoms with Gasteiger partial charge >= 0.3 is 0 Å². The molecule has 1 N–H and O–H groups in total. The van der Waals surface area contributed by atoms with Gasteiger partial charge in [0.2, 0.25) is 0 Å². The summed E-state index contributed by atoms with van der Waals surface area (Å²) in [5, 5.41) is 8.17. The van der Waals surface area contributed by atoms with Gasteiger partial charge in [-0.15, -0.1) is 0 Å². The fourth-order valence-electron chi connectivity index (χ4n) is 3.63. The number of methoxy groups -OCH3 is 1. The Morgan fingerprint density at radius 1 is 1.36 bits per heavy atom. The van der Waals surface area contributed by atoms with E-state index in [0.717, 1.165) is 31.9 Å². The number of hydrogen-bond donors (Lipinski definition) is 1. The molecule has 3 rings (SSSR count). The maximum atomic E-state index is 5.34. The first-order valence-electron chi connectivity index (χ1n) is 9.29. The van der Waals surface area contributed by atoms with E-state index in [-0.39, 0.29) is 0 Å². The number of aromatic nitrogens is 2. The highest BCUT2D eigenvalue weighted by molar-refractivity contribution is 5.28. The number of piperidine rings is 1. The molecule has 0 amide bonds. The molecule has 0 bridgehead atoms. The molecule has 25 heavy (non-hydrogen) atoms. The van der Waals surface area contributed by atoms with Crippen LogP contribution in [0.4, 0.5) is 0 Å². The van der Waals surface area contributed by atoms with Crippen molar-refractivity contribution in [3.63, 3.8) is 0 Å². The summed E-state index contributed by atoms with van der Waals surface area (Å²) in [5.74, 6) is 0.938. The molecule has 136 valence electrons. The SMILES string of the molecule is CCn1ncc(CNC2CCCN(Cc3cccc(OC)c3)C2)c1C. The Morgan fingerprint density at radius 2 is 2.24 bits per heavy atom. The topological polar surface area (TPSA) is 42.3 Å². The van der Waals surface area contributed by atoms with Crippen LogP contribution in [0.1, 0.15) is 36.6 Å². The largest absolute Gasteiger partial charge is 0.497 e. The summed E-state index contributed by atoms with van der Waals surface area (Å²) in [7, 11) is 1.72. The van der Waals surface area contributed by atoms with E-state index in [1.807, 2.05) is 12.3 Å². The monoisotopic (exact) mass is 342 g/mol. The Morgan fingerprint density at radius 3 is 3.00 bits per heavy atom. The van der Waals surface area contributed by atoms with Gasteiger partial charge in [0.25, 0.3) is 0 Å². The Balaban J connectivity index is 1.53. The number of nitrogens with zero attached hydrogens (tertiary/aromatic N) is 3. The lowest BCUT2D eigenvalue weighted by Gasteiger charge is -2.33. The molecule has 0 saturated carbocycles. The molecule has 0 aliphatic carbocycles. The van der Waals surface area contributed by atoms with E-state index in [9.17, 15) is 0 Å². The van der Waals surface area contributed by atoms with Crippen LogP contribution in [0.15, 0.2) is 30.5 Å². The zero-order chi connectivity index (χ0) is 17.6. The Bertz CT molecular complexity index is 682. The molecule has 1 unspecified atom stereocenters. The van der Waals surface area contributed by atoms with Gasteiger partial charge in [0.1, 0.15) is 5.75 Å². The normalized spacial score (nSPS) is 18.4. The third-order valence-corrected chi connectivity index (χ3v) is 5.13. The van der Waals surface area contributed by atoms with Crippen molar-refractivity contribution in [1.29, 1.82) is 0 Å². The van der Waals surface area contributed by atoms with E-state index in [0.29, 0.717) is 6.04 Å². The Labute approximate surface area is 151 Å². The molecule has 2 aromatic rings. The predicted octanol–water partition coefficient (Wildman–Crippen LogP) is 2.97. The van der Waals surface area contributed by atoms with Gasteiger partial charge < -0.3 is 10.1 Å². The van der Waals surface area contributed by atoms with Crippen LogP contribution in [0, 0.1) is 6.92 Å². The molecule has 1 aliphatic heterocycles. The standard InChI is InChI=1S/C20H30N4O/c1-4-24-16(2)18(13-22-24)12-21-19-8-6-10-23(15-19)14-17-7-5-9-20(11-17)25-3/h5,7,9,11,13,19,21H,4,6,8,10,12,14-15H2,1-3H3. The van der Waals surface area contributed by atoms with Crippen LogP contribution in [0.3, 0.4) is 0 Å². The summed E-state index contributed by atoms with van der Waals surface area (Å²) in [6.45, 7) is 9.38. The van der Waals surface area contributed by atoms with Crippen LogP contribution in [0.25, 0.3) is 0 Å². The van der Waals surface area contributed by atoms with Gasteiger partial charge in [-0.25, -0.2) is 0 Å². The molecule has 1 aromatic carbocycles. The highest BCUT2D eigenvalue weighted by Crippen LogP contribution is 2.18. The summed E-state index contributed by atoms with van der Waals surface area (Å²) in [6.07, 6.45) is 4.49. The van der Waals surface area contributed by atoms with Crippen molar-refractivity contribution >= 4 is 0 Å². The van der Waals surface area contributed by atoms with Gasteiger partial charge in [-0.3, -0.25) is 9.58 Å². The number of nitrogens with one attached hydrogen (secondary N) is 1. The van der Waals surface area contributed by atoms with E-state index in [4.69, 9.17) is 4.74 Å². The third-order valence-electron chi connectivity index (χ3n) is 5.13. The second kappa shape index (κ2) is 8.50. The molecule has 1 fully saturated rings. The quantitative estimate of drug-likeness (QED) is 0.840. The average molecular weight is 342 g/mol. The van der Waals surface area contributed by atoms with Gasteiger partial charge in [-0.2, -0.15) is 5.10 Å². The van der Waals surface area contributed by atoms with Crippen LogP contribution in [-0.4, -0.2) is 40.9 Å². The first-order valence-corrected chi connectivity index (χ1v) is 9.29. The number of likely N-dealkylation sites (tertiary alicyclic amines) is 1. The maximum absolute atomic E-state index is 5.34. The lowest BCUT2D eigenvalue weighted by atomic mass is 10.0. The van der Waals surface area contributed by atoms with E-state index in [1.54, 1.807) is 7.11 Å². The number of aryl methyl sites for hydroxylation is 1. The summed E-state index contributed by atoms with van der Waals surface area (Å²) < 4.78 is 7.40. The molecule has 0 radical (unpaired) electrons. The number of hydrogen-bond acceptors (Lipinski definition) is 4. The van der Waals surface area contributed by atoms with Gasteiger partial charge in [-0.1, -0.05) is 12.1 Å². The number of ether oxygens (including phenoxy) is 1. The Kier molecular flexibility index (Phi) is 6.10. The molecule has 1 aliphatic rings. The minimum absolute atomic E-state index is 0.545. The van der Waals surface area contributed by atoms with Gasteiger partial charge in [0.15, 0.2) is 0 Å². The summed E-state index contributed by atoms with van der Waals surface area (Å²) in [5.41, 5.74) is 3.91.